The fourth-order valence-electron chi connectivity index (χ4n) is 1.66. The van der Waals surface area contributed by atoms with Gasteiger partial charge >= 0.3 is 0 Å². The zero-order chi connectivity index (χ0) is 13.0. The van der Waals surface area contributed by atoms with Crippen molar-refractivity contribution >= 4 is 0 Å². The van der Waals surface area contributed by atoms with Crippen molar-refractivity contribution in [2.75, 3.05) is 6.54 Å². The zero-order valence-corrected chi connectivity index (χ0v) is 10.3. The molecule has 2 rings (SSSR count). The number of hydrogen-bond donors (Lipinski definition) is 2. The van der Waals surface area contributed by atoms with Gasteiger partial charge in [0.15, 0.2) is 0 Å². The molecule has 0 bridgehead atoms. The highest BCUT2D eigenvalue weighted by molar-refractivity contribution is 5.54. The topological polar surface area (TPSA) is 85.2 Å². The largest absolute Gasteiger partial charge is 0.383 e. The van der Waals surface area contributed by atoms with Crippen LogP contribution < -0.4 is 5.73 Å². The van der Waals surface area contributed by atoms with Gasteiger partial charge in [-0.05, 0) is 24.9 Å². The molecule has 0 aliphatic heterocycles. The molecule has 1 atom stereocenters. The Morgan fingerprint density at radius 1 is 1.33 bits per heavy atom. The number of benzene rings is 1. The molecule has 2 aromatic rings. The first-order valence-corrected chi connectivity index (χ1v) is 6.05. The standard InChI is InChI=1S/C13H17N3O2/c1-2-9-3-5-10(6-4-9)12-15-13(18-16-12)11(17)7-8-14/h3-6,11,17H,2,7-8,14H2,1H3/t11-/m0/s1. The molecule has 18 heavy (non-hydrogen) atoms. The molecule has 3 N–H and O–H groups in total. The highest BCUT2D eigenvalue weighted by Crippen LogP contribution is 2.20. The Kier molecular flexibility index (Phi) is 4.07. The predicted molar refractivity (Wildman–Crippen MR) is 67.7 cm³/mol. The summed E-state index contributed by atoms with van der Waals surface area (Å²) < 4.78 is 5.02. The smallest absolute Gasteiger partial charge is 0.255 e. The van der Waals surface area contributed by atoms with E-state index in [9.17, 15) is 5.11 Å². The summed E-state index contributed by atoms with van der Waals surface area (Å²) in [5.41, 5.74) is 7.50. The van der Waals surface area contributed by atoms with Crippen LogP contribution in [0.2, 0.25) is 0 Å². The molecule has 1 aromatic heterocycles. The molecule has 0 unspecified atom stereocenters. The molecule has 96 valence electrons. The van der Waals surface area contributed by atoms with E-state index in [-0.39, 0.29) is 5.89 Å². The number of aliphatic hydroxyl groups excluding tert-OH is 1. The van der Waals surface area contributed by atoms with E-state index < -0.39 is 6.10 Å². The second kappa shape index (κ2) is 5.75. The number of hydrogen-bond acceptors (Lipinski definition) is 5. The number of nitrogens with two attached hydrogens (primary N) is 1. The van der Waals surface area contributed by atoms with Gasteiger partial charge in [0, 0.05) is 5.56 Å². The van der Waals surface area contributed by atoms with E-state index >= 15 is 0 Å². The molecular weight excluding hydrogens is 230 g/mol. The van der Waals surface area contributed by atoms with E-state index in [1.807, 2.05) is 24.3 Å². The molecule has 0 saturated heterocycles. The van der Waals surface area contributed by atoms with Gasteiger partial charge < -0.3 is 15.4 Å². The van der Waals surface area contributed by atoms with Crippen LogP contribution in [-0.2, 0) is 6.42 Å². The average molecular weight is 247 g/mol. The minimum atomic E-state index is -0.786. The lowest BCUT2D eigenvalue weighted by molar-refractivity contribution is 0.127. The van der Waals surface area contributed by atoms with Crippen molar-refractivity contribution < 1.29 is 9.63 Å². The molecule has 0 radical (unpaired) electrons. The van der Waals surface area contributed by atoms with Crippen LogP contribution in [0.4, 0.5) is 0 Å². The molecule has 0 aliphatic carbocycles. The summed E-state index contributed by atoms with van der Waals surface area (Å²) in [5.74, 6) is 0.707. The van der Waals surface area contributed by atoms with Crippen molar-refractivity contribution in [2.24, 2.45) is 5.73 Å². The fourth-order valence-corrected chi connectivity index (χ4v) is 1.66. The van der Waals surface area contributed by atoms with E-state index in [1.165, 1.54) is 5.56 Å². The third kappa shape index (κ3) is 2.75. The summed E-state index contributed by atoms with van der Waals surface area (Å²) >= 11 is 0. The molecule has 0 saturated carbocycles. The van der Waals surface area contributed by atoms with E-state index in [0.717, 1.165) is 12.0 Å². The summed E-state index contributed by atoms with van der Waals surface area (Å²) in [6, 6.07) is 7.95. The first-order chi connectivity index (χ1) is 8.74. The minimum absolute atomic E-state index is 0.218. The van der Waals surface area contributed by atoms with E-state index in [4.69, 9.17) is 10.3 Å². The fraction of sp³-hybridized carbons (Fsp3) is 0.385. The van der Waals surface area contributed by atoms with Crippen LogP contribution in [0.3, 0.4) is 0 Å². The molecular formula is C13H17N3O2. The van der Waals surface area contributed by atoms with Gasteiger partial charge in [-0.25, -0.2) is 0 Å². The molecule has 1 heterocycles. The van der Waals surface area contributed by atoms with Gasteiger partial charge in [0.2, 0.25) is 5.82 Å². The Bertz CT molecular complexity index is 493. The van der Waals surface area contributed by atoms with Gasteiger partial charge in [-0.3, -0.25) is 0 Å². The lowest BCUT2D eigenvalue weighted by atomic mass is 10.1. The van der Waals surface area contributed by atoms with Crippen LogP contribution in [-0.4, -0.2) is 21.8 Å². The maximum absolute atomic E-state index is 9.69. The molecule has 0 fully saturated rings. The molecule has 5 heteroatoms. The van der Waals surface area contributed by atoms with E-state index in [1.54, 1.807) is 0 Å². The summed E-state index contributed by atoms with van der Waals surface area (Å²) in [7, 11) is 0. The third-order valence-corrected chi connectivity index (χ3v) is 2.79. The first kappa shape index (κ1) is 12.7. The molecule has 1 aromatic carbocycles. The van der Waals surface area contributed by atoms with Crippen molar-refractivity contribution in [2.45, 2.75) is 25.9 Å². The molecule has 0 amide bonds. The van der Waals surface area contributed by atoms with Crippen molar-refractivity contribution in [1.29, 1.82) is 0 Å². The minimum Gasteiger partial charge on any atom is -0.383 e. The average Bonchev–Trinajstić information content (AvgIpc) is 2.89. The molecule has 0 aliphatic rings. The van der Waals surface area contributed by atoms with Gasteiger partial charge in [0.1, 0.15) is 6.10 Å². The summed E-state index contributed by atoms with van der Waals surface area (Å²) in [6.07, 6.45) is 0.620. The zero-order valence-electron chi connectivity index (χ0n) is 10.3. The Labute approximate surface area is 106 Å². The van der Waals surface area contributed by atoms with Gasteiger partial charge in [-0.1, -0.05) is 36.3 Å². The van der Waals surface area contributed by atoms with Crippen molar-refractivity contribution in [1.82, 2.24) is 10.1 Å². The maximum Gasteiger partial charge on any atom is 0.255 e. The van der Waals surface area contributed by atoms with Crippen molar-refractivity contribution in [3.63, 3.8) is 0 Å². The van der Waals surface area contributed by atoms with Crippen LogP contribution in [0.1, 0.15) is 30.9 Å². The van der Waals surface area contributed by atoms with Crippen LogP contribution in [0.25, 0.3) is 11.4 Å². The highest BCUT2D eigenvalue weighted by atomic mass is 16.5. The lowest BCUT2D eigenvalue weighted by Crippen LogP contribution is -2.06. The SMILES string of the molecule is CCc1ccc(-c2noc([C@@H](O)CCN)n2)cc1. The van der Waals surface area contributed by atoms with Gasteiger partial charge in [-0.15, -0.1) is 0 Å². The third-order valence-electron chi connectivity index (χ3n) is 2.79. The number of aliphatic hydroxyl groups is 1. The predicted octanol–water partition coefficient (Wildman–Crippen LogP) is 1.68. The second-order valence-corrected chi connectivity index (χ2v) is 4.10. The summed E-state index contributed by atoms with van der Waals surface area (Å²) in [4.78, 5) is 4.17. The van der Waals surface area contributed by atoms with Crippen LogP contribution in [0.15, 0.2) is 28.8 Å². The number of nitrogens with zero attached hydrogens (tertiary/aromatic N) is 2. The summed E-state index contributed by atoms with van der Waals surface area (Å²) in [5, 5.41) is 13.5. The van der Waals surface area contributed by atoms with Gasteiger partial charge in [-0.2, -0.15) is 4.98 Å². The lowest BCUT2D eigenvalue weighted by Gasteiger charge is -2.01. The monoisotopic (exact) mass is 247 g/mol. The van der Waals surface area contributed by atoms with Gasteiger partial charge in [0.25, 0.3) is 5.89 Å². The van der Waals surface area contributed by atoms with Crippen LogP contribution >= 0.6 is 0 Å². The molecule has 5 nitrogen and oxygen atoms in total. The quantitative estimate of drug-likeness (QED) is 0.839. The van der Waals surface area contributed by atoms with E-state index in [2.05, 4.69) is 17.1 Å². The van der Waals surface area contributed by atoms with E-state index in [0.29, 0.717) is 18.8 Å². The van der Waals surface area contributed by atoms with Crippen LogP contribution in [0, 0.1) is 0 Å². The highest BCUT2D eigenvalue weighted by Gasteiger charge is 2.15. The van der Waals surface area contributed by atoms with Gasteiger partial charge in [0.05, 0.1) is 0 Å². The maximum atomic E-state index is 9.69. The number of rotatable bonds is 5. The Hall–Kier alpha value is -1.72. The second-order valence-electron chi connectivity index (χ2n) is 4.10. The normalized spacial score (nSPS) is 12.6. The van der Waals surface area contributed by atoms with Crippen molar-refractivity contribution in [3.8, 4) is 11.4 Å². The summed E-state index contributed by atoms with van der Waals surface area (Å²) in [6.45, 7) is 2.48. The Balaban J connectivity index is 2.18. The Morgan fingerprint density at radius 2 is 2.06 bits per heavy atom. The first-order valence-electron chi connectivity index (χ1n) is 6.05. The Morgan fingerprint density at radius 3 is 2.67 bits per heavy atom. The number of aryl methyl sites for hydroxylation is 1. The van der Waals surface area contributed by atoms with Crippen LogP contribution in [0.5, 0.6) is 0 Å². The number of aromatic nitrogens is 2. The van der Waals surface area contributed by atoms with Crippen molar-refractivity contribution in [3.05, 3.63) is 35.7 Å². The molecule has 0 spiro atoms.